The number of pyridine rings is 1. The summed E-state index contributed by atoms with van der Waals surface area (Å²) in [7, 11) is 0. The molecule has 3 heteroatoms. The maximum Gasteiger partial charge on any atom is 0.0431 e. The smallest absolute Gasteiger partial charge is 0.0431 e. The fourth-order valence-electron chi connectivity index (χ4n) is 4.17. The number of nitrogens with two attached hydrogens (primary N) is 1. The van der Waals surface area contributed by atoms with Crippen molar-refractivity contribution in [3.63, 3.8) is 0 Å². The Morgan fingerprint density at radius 3 is 2.85 bits per heavy atom. The number of unbranched alkanes of at least 4 members (excludes halogenated alkanes) is 1. The van der Waals surface area contributed by atoms with E-state index in [0.29, 0.717) is 12.5 Å². The summed E-state index contributed by atoms with van der Waals surface area (Å²) in [5.74, 6) is 1.19. The second-order valence-electron chi connectivity index (χ2n) is 7.65. The minimum absolute atomic E-state index is 0.279. The highest BCUT2D eigenvalue weighted by molar-refractivity contribution is 5.36. The molecule has 1 aromatic carbocycles. The lowest BCUT2D eigenvalue weighted by molar-refractivity contribution is 0.281. The molecular weight excluding hydrogens is 320 g/mol. The molecule has 3 N–H and O–H groups in total. The van der Waals surface area contributed by atoms with Gasteiger partial charge in [-0.05, 0) is 92.1 Å². The fraction of sp³-hybridized carbons (Fsp3) is 0.522. The van der Waals surface area contributed by atoms with E-state index in [4.69, 9.17) is 10.8 Å². The molecule has 1 aliphatic carbocycles. The first-order valence-corrected chi connectivity index (χ1v) is 10.1. The van der Waals surface area contributed by atoms with Crippen LogP contribution in [0.15, 0.2) is 42.6 Å². The van der Waals surface area contributed by atoms with Crippen LogP contribution >= 0.6 is 0 Å². The van der Waals surface area contributed by atoms with Gasteiger partial charge in [0, 0.05) is 18.5 Å². The molecule has 0 radical (unpaired) electrons. The van der Waals surface area contributed by atoms with Gasteiger partial charge in [-0.2, -0.15) is 0 Å². The second kappa shape index (κ2) is 9.84. The Labute approximate surface area is 157 Å². The molecule has 0 unspecified atom stereocenters. The van der Waals surface area contributed by atoms with Crippen LogP contribution in [0.5, 0.6) is 0 Å². The summed E-state index contributed by atoms with van der Waals surface area (Å²) < 4.78 is 0. The van der Waals surface area contributed by atoms with Crippen LogP contribution in [0.3, 0.4) is 0 Å². The van der Waals surface area contributed by atoms with E-state index in [9.17, 15) is 0 Å². The molecule has 1 heterocycles. The molecule has 1 aromatic heterocycles. The standard InChI is InChI=1S/C23H32N2O/c24-17-22(5-2-4-14-26)21-11-10-19-15-18(7-9-20(19)16-21)8-12-23-6-1-3-13-25-23/h1,3,6,10-11,13,16,18,22,26H,2,4-5,7-9,12,14-15,17,24H2/t18-,22-/m0/s1. The Morgan fingerprint density at radius 1 is 1.15 bits per heavy atom. The van der Waals surface area contributed by atoms with Crippen LogP contribution in [0.1, 0.15) is 60.4 Å². The first kappa shape index (κ1) is 19.1. The van der Waals surface area contributed by atoms with Crippen molar-refractivity contribution in [1.29, 1.82) is 0 Å². The van der Waals surface area contributed by atoms with Crippen LogP contribution in [-0.2, 0) is 19.3 Å². The van der Waals surface area contributed by atoms with Crippen molar-refractivity contribution in [2.45, 2.75) is 57.3 Å². The molecular formula is C23H32N2O. The summed E-state index contributed by atoms with van der Waals surface area (Å²) in [5, 5.41) is 8.99. The van der Waals surface area contributed by atoms with Gasteiger partial charge < -0.3 is 10.8 Å². The normalized spacial score (nSPS) is 17.7. The number of aliphatic hydroxyl groups excluding tert-OH is 1. The Bertz CT molecular complexity index is 671. The van der Waals surface area contributed by atoms with Gasteiger partial charge in [0.2, 0.25) is 0 Å². The average molecular weight is 353 g/mol. The molecule has 0 fully saturated rings. The SMILES string of the molecule is NC[C@H](CCCCO)c1ccc2c(c1)CC[C@@H](CCc1ccccn1)C2. The molecule has 0 saturated carbocycles. The third-order valence-corrected chi connectivity index (χ3v) is 5.81. The Hall–Kier alpha value is -1.71. The Morgan fingerprint density at radius 2 is 2.08 bits per heavy atom. The van der Waals surface area contributed by atoms with Crippen molar-refractivity contribution >= 4 is 0 Å². The first-order chi connectivity index (χ1) is 12.8. The van der Waals surface area contributed by atoms with E-state index < -0.39 is 0 Å². The van der Waals surface area contributed by atoms with Crippen LogP contribution in [0.4, 0.5) is 0 Å². The summed E-state index contributed by atoms with van der Waals surface area (Å²) in [4.78, 5) is 4.45. The molecule has 2 aromatic rings. The highest BCUT2D eigenvalue weighted by Crippen LogP contribution is 2.31. The zero-order chi connectivity index (χ0) is 18.2. The summed E-state index contributed by atoms with van der Waals surface area (Å²) in [6.45, 7) is 0.971. The number of hydrogen-bond acceptors (Lipinski definition) is 3. The second-order valence-corrected chi connectivity index (χ2v) is 7.65. The molecule has 0 saturated heterocycles. The topological polar surface area (TPSA) is 59.1 Å². The van der Waals surface area contributed by atoms with E-state index >= 15 is 0 Å². The lowest BCUT2D eigenvalue weighted by Crippen LogP contribution is -2.17. The van der Waals surface area contributed by atoms with E-state index in [2.05, 4.69) is 35.3 Å². The molecule has 0 bridgehead atoms. The molecule has 3 nitrogen and oxygen atoms in total. The van der Waals surface area contributed by atoms with Crippen molar-refractivity contribution in [2.24, 2.45) is 11.7 Å². The summed E-state index contributed by atoms with van der Waals surface area (Å²) in [6, 6.07) is 13.2. The lowest BCUT2D eigenvalue weighted by Gasteiger charge is -2.26. The minimum atomic E-state index is 0.279. The van der Waals surface area contributed by atoms with Gasteiger partial charge in [-0.25, -0.2) is 0 Å². The molecule has 0 aliphatic heterocycles. The third kappa shape index (κ3) is 5.15. The molecule has 0 spiro atoms. The third-order valence-electron chi connectivity index (χ3n) is 5.81. The number of benzene rings is 1. The van der Waals surface area contributed by atoms with E-state index in [0.717, 1.165) is 31.6 Å². The molecule has 1 aliphatic rings. The summed E-state index contributed by atoms with van der Waals surface area (Å²) >= 11 is 0. The van der Waals surface area contributed by atoms with Gasteiger partial charge in [-0.15, -0.1) is 0 Å². The number of nitrogens with zero attached hydrogens (tertiary/aromatic N) is 1. The van der Waals surface area contributed by atoms with Gasteiger partial charge in [-0.1, -0.05) is 30.7 Å². The van der Waals surface area contributed by atoms with Crippen LogP contribution in [-0.4, -0.2) is 23.2 Å². The maximum atomic E-state index is 8.99. The van der Waals surface area contributed by atoms with Crippen LogP contribution in [0.25, 0.3) is 0 Å². The van der Waals surface area contributed by atoms with Crippen LogP contribution in [0.2, 0.25) is 0 Å². The van der Waals surface area contributed by atoms with Gasteiger partial charge in [0.15, 0.2) is 0 Å². The number of hydrogen-bond donors (Lipinski definition) is 2. The van der Waals surface area contributed by atoms with Gasteiger partial charge in [0.25, 0.3) is 0 Å². The number of fused-ring (bicyclic) bond motifs is 1. The summed E-state index contributed by atoms with van der Waals surface area (Å²) in [6.07, 6.45) is 10.9. The summed E-state index contributed by atoms with van der Waals surface area (Å²) in [5.41, 5.74) is 11.7. The van der Waals surface area contributed by atoms with Crippen molar-refractivity contribution in [2.75, 3.05) is 13.2 Å². The maximum absolute atomic E-state index is 8.99. The van der Waals surface area contributed by atoms with Crippen molar-refractivity contribution in [3.8, 4) is 0 Å². The van der Waals surface area contributed by atoms with Crippen molar-refractivity contribution in [3.05, 3.63) is 65.0 Å². The Balaban J connectivity index is 1.58. The molecule has 26 heavy (non-hydrogen) atoms. The number of aliphatic hydroxyl groups is 1. The van der Waals surface area contributed by atoms with Crippen molar-refractivity contribution in [1.82, 2.24) is 4.98 Å². The van der Waals surface area contributed by atoms with E-state index in [1.165, 1.54) is 48.1 Å². The first-order valence-electron chi connectivity index (χ1n) is 10.1. The van der Waals surface area contributed by atoms with E-state index in [1.807, 2.05) is 12.3 Å². The molecule has 140 valence electrons. The predicted molar refractivity (Wildman–Crippen MR) is 107 cm³/mol. The number of aryl methyl sites for hydroxylation is 2. The molecule has 2 atom stereocenters. The number of rotatable bonds is 9. The van der Waals surface area contributed by atoms with E-state index in [-0.39, 0.29) is 6.61 Å². The Kier molecular flexibility index (Phi) is 7.22. The largest absolute Gasteiger partial charge is 0.396 e. The predicted octanol–water partition coefficient (Wildman–Crippen LogP) is 4.02. The zero-order valence-corrected chi connectivity index (χ0v) is 15.7. The highest BCUT2D eigenvalue weighted by Gasteiger charge is 2.20. The highest BCUT2D eigenvalue weighted by atomic mass is 16.2. The van der Waals surface area contributed by atoms with Gasteiger partial charge >= 0.3 is 0 Å². The van der Waals surface area contributed by atoms with Gasteiger partial charge in [-0.3, -0.25) is 4.98 Å². The minimum Gasteiger partial charge on any atom is -0.396 e. The van der Waals surface area contributed by atoms with Gasteiger partial charge in [0.05, 0.1) is 0 Å². The van der Waals surface area contributed by atoms with Crippen LogP contribution < -0.4 is 5.73 Å². The average Bonchev–Trinajstić information content (AvgIpc) is 2.70. The number of aromatic nitrogens is 1. The van der Waals surface area contributed by atoms with Crippen LogP contribution in [0, 0.1) is 5.92 Å². The quantitative estimate of drug-likeness (QED) is 0.670. The van der Waals surface area contributed by atoms with Crippen molar-refractivity contribution < 1.29 is 5.11 Å². The molecule has 0 amide bonds. The molecule has 3 rings (SSSR count). The van der Waals surface area contributed by atoms with E-state index in [1.54, 1.807) is 0 Å². The lowest BCUT2D eigenvalue weighted by atomic mass is 9.79. The van der Waals surface area contributed by atoms with Gasteiger partial charge in [0.1, 0.15) is 0 Å². The monoisotopic (exact) mass is 352 g/mol. The zero-order valence-electron chi connectivity index (χ0n) is 15.7. The fourth-order valence-corrected chi connectivity index (χ4v) is 4.17.